The fourth-order valence-corrected chi connectivity index (χ4v) is 3.89. The zero-order valence-corrected chi connectivity index (χ0v) is 19.8. The van der Waals surface area contributed by atoms with Crippen LogP contribution in [0.2, 0.25) is 0 Å². The summed E-state index contributed by atoms with van der Waals surface area (Å²) >= 11 is 0. The molecule has 0 amide bonds. The van der Waals surface area contributed by atoms with Gasteiger partial charge in [0.1, 0.15) is 5.82 Å². The van der Waals surface area contributed by atoms with E-state index in [0.717, 1.165) is 68.3 Å². The molecule has 0 aliphatic carbocycles. The van der Waals surface area contributed by atoms with Gasteiger partial charge in [0, 0.05) is 45.7 Å². The van der Waals surface area contributed by atoms with Crippen LogP contribution < -0.4 is 10.6 Å². The number of para-hydroxylation sites is 2. The third kappa shape index (κ3) is 6.18. The Morgan fingerprint density at radius 2 is 1.83 bits per heavy atom. The van der Waals surface area contributed by atoms with Crippen LogP contribution in [-0.2, 0) is 13.0 Å². The van der Waals surface area contributed by atoms with E-state index in [-0.39, 0.29) is 24.0 Å². The first kappa shape index (κ1) is 22.6. The number of nitrogens with one attached hydrogen (secondary N) is 3. The molecule has 0 saturated carbocycles. The summed E-state index contributed by atoms with van der Waals surface area (Å²) in [7, 11) is 1.83. The van der Waals surface area contributed by atoms with E-state index >= 15 is 0 Å². The highest BCUT2D eigenvalue weighted by atomic mass is 127. The number of benzene rings is 2. The number of rotatable bonds is 6. The van der Waals surface area contributed by atoms with Crippen LogP contribution in [0.5, 0.6) is 0 Å². The van der Waals surface area contributed by atoms with Gasteiger partial charge in [-0.2, -0.15) is 0 Å². The number of guanidine groups is 1. The molecule has 1 fully saturated rings. The lowest BCUT2D eigenvalue weighted by Crippen LogP contribution is -2.48. The number of H-pyrrole nitrogens is 1. The van der Waals surface area contributed by atoms with E-state index in [1.54, 1.807) is 0 Å². The molecule has 1 saturated heterocycles. The van der Waals surface area contributed by atoms with E-state index in [4.69, 9.17) is 0 Å². The molecule has 0 atom stereocenters. The minimum absolute atomic E-state index is 0. The van der Waals surface area contributed by atoms with Gasteiger partial charge in [-0.05, 0) is 30.5 Å². The summed E-state index contributed by atoms with van der Waals surface area (Å²) in [4.78, 5) is 14.9. The first-order valence-corrected chi connectivity index (χ1v) is 10.5. The van der Waals surface area contributed by atoms with Gasteiger partial charge in [-0.3, -0.25) is 9.89 Å². The highest BCUT2D eigenvalue weighted by Crippen LogP contribution is 2.14. The Balaban J connectivity index is 0.00000256. The molecule has 30 heavy (non-hydrogen) atoms. The second kappa shape index (κ2) is 11.3. The van der Waals surface area contributed by atoms with Gasteiger partial charge < -0.3 is 15.6 Å². The molecule has 3 aromatic rings. The number of piperidine rings is 1. The number of aromatic amines is 1. The van der Waals surface area contributed by atoms with Gasteiger partial charge in [-0.25, -0.2) is 4.98 Å². The highest BCUT2D eigenvalue weighted by molar-refractivity contribution is 14.0. The molecule has 3 N–H and O–H groups in total. The predicted octanol–water partition coefficient (Wildman–Crippen LogP) is 3.55. The van der Waals surface area contributed by atoms with Crippen molar-refractivity contribution >= 4 is 41.0 Å². The Labute approximate surface area is 195 Å². The van der Waals surface area contributed by atoms with E-state index in [0.29, 0.717) is 6.04 Å². The van der Waals surface area contributed by atoms with Crippen LogP contribution in [0.1, 0.15) is 24.2 Å². The number of halogens is 1. The van der Waals surface area contributed by atoms with Crippen LogP contribution >= 0.6 is 24.0 Å². The molecule has 2 aromatic carbocycles. The molecular formula is C23H31IN6. The molecule has 160 valence electrons. The molecule has 1 aromatic heterocycles. The molecular weight excluding hydrogens is 487 g/mol. The summed E-state index contributed by atoms with van der Waals surface area (Å²) in [5, 5.41) is 7.01. The van der Waals surface area contributed by atoms with Crippen molar-refractivity contribution in [2.75, 3.05) is 26.7 Å². The Morgan fingerprint density at radius 1 is 1.10 bits per heavy atom. The maximum atomic E-state index is 4.63. The van der Waals surface area contributed by atoms with Gasteiger partial charge >= 0.3 is 0 Å². The quantitative estimate of drug-likeness (QED) is 0.265. The lowest BCUT2D eigenvalue weighted by Gasteiger charge is -2.33. The average molecular weight is 518 g/mol. The highest BCUT2D eigenvalue weighted by Gasteiger charge is 2.20. The smallest absolute Gasteiger partial charge is 0.191 e. The van der Waals surface area contributed by atoms with Crippen LogP contribution in [0, 0.1) is 0 Å². The number of aliphatic imine (C=N–C) groups is 1. The summed E-state index contributed by atoms with van der Waals surface area (Å²) < 4.78 is 0. The normalized spacial score (nSPS) is 15.7. The number of nitrogens with zero attached hydrogens (tertiary/aromatic N) is 3. The zero-order valence-electron chi connectivity index (χ0n) is 17.5. The molecule has 4 rings (SSSR count). The standard InChI is InChI=1S/C23H30N6.HI/c1-24-23(25-14-11-22-27-20-9-5-6-10-21(20)28-22)26-19-12-15-29(16-13-19)17-18-7-3-2-4-8-18;/h2-10,19H,11-17H2,1H3,(H,27,28)(H2,24,25,26);1H. The Hall–Kier alpha value is -2.13. The lowest BCUT2D eigenvalue weighted by molar-refractivity contribution is 0.198. The summed E-state index contributed by atoms with van der Waals surface area (Å²) in [6.45, 7) is 4.06. The maximum absolute atomic E-state index is 4.63. The lowest BCUT2D eigenvalue weighted by atomic mass is 10.0. The molecule has 1 aliphatic heterocycles. The topological polar surface area (TPSA) is 68.3 Å². The maximum Gasteiger partial charge on any atom is 0.191 e. The number of hydrogen-bond acceptors (Lipinski definition) is 3. The Kier molecular flexibility index (Phi) is 8.50. The predicted molar refractivity (Wildman–Crippen MR) is 134 cm³/mol. The van der Waals surface area contributed by atoms with Gasteiger partial charge in [0.25, 0.3) is 0 Å². The fraction of sp³-hybridized carbons (Fsp3) is 0.391. The number of fused-ring (bicyclic) bond motifs is 1. The van der Waals surface area contributed by atoms with Crippen molar-refractivity contribution < 1.29 is 0 Å². The van der Waals surface area contributed by atoms with Gasteiger partial charge in [-0.1, -0.05) is 42.5 Å². The fourth-order valence-electron chi connectivity index (χ4n) is 3.89. The van der Waals surface area contributed by atoms with Crippen molar-refractivity contribution in [1.29, 1.82) is 0 Å². The van der Waals surface area contributed by atoms with E-state index in [1.807, 2.05) is 25.2 Å². The zero-order chi connectivity index (χ0) is 19.9. The van der Waals surface area contributed by atoms with E-state index in [9.17, 15) is 0 Å². The number of hydrogen-bond donors (Lipinski definition) is 3. The summed E-state index contributed by atoms with van der Waals surface area (Å²) in [5.74, 6) is 1.88. The molecule has 2 heterocycles. The van der Waals surface area contributed by atoms with Gasteiger partial charge in [0.2, 0.25) is 0 Å². The Bertz CT molecular complexity index is 898. The summed E-state index contributed by atoms with van der Waals surface area (Å²) in [6, 6.07) is 19.3. The summed E-state index contributed by atoms with van der Waals surface area (Å²) in [6.07, 6.45) is 3.11. The third-order valence-corrected chi connectivity index (χ3v) is 5.49. The van der Waals surface area contributed by atoms with E-state index in [1.165, 1.54) is 5.56 Å². The third-order valence-electron chi connectivity index (χ3n) is 5.49. The number of aromatic nitrogens is 2. The van der Waals surface area contributed by atoms with Crippen LogP contribution in [0.15, 0.2) is 59.6 Å². The molecule has 6 nitrogen and oxygen atoms in total. The van der Waals surface area contributed by atoms with Crippen molar-refractivity contribution in [1.82, 2.24) is 25.5 Å². The largest absolute Gasteiger partial charge is 0.356 e. The number of likely N-dealkylation sites (tertiary alicyclic amines) is 1. The summed E-state index contributed by atoms with van der Waals surface area (Å²) in [5.41, 5.74) is 3.50. The van der Waals surface area contributed by atoms with Crippen molar-refractivity contribution in [2.45, 2.75) is 31.8 Å². The van der Waals surface area contributed by atoms with Gasteiger partial charge in [0.15, 0.2) is 5.96 Å². The monoisotopic (exact) mass is 518 g/mol. The molecule has 1 aliphatic rings. The molecule has 0 unspecified atom stereocenters. The van der Waals surface area contributed by atoms with E-state index in [2.05, 4.69) is 66.9 Å². The second-order valence-electron chi connectivity index (χ2n) is 7.63. The first-order chi connectivity index (χ1) is 14.3. The average Bonchev–Trinajstić information content (AvgIpc) is 3.18. The molecule has 0 radical (unpaired) electrons. The first-order valence-electron chi connectivity index (χ1n) is 10.5. The van der Waals surface area contributed by atoms with Crippen LogP contribution in [-0.4, -0.2) is 53.6 Å². The van der Waals surface area contributed by atoms with Crippen molar-refractivity contribution in [2.24, 2.45) is 4.99 Å². The van der Waals surface area contributed by atoms with Crippen molar-refractivity contribution in [3.63, 3.8) is 0 Å². The minimum atomic E-state index is 0. The van der Waals surface area contributed by atoms with Crippen LogP contribution in [0.4, 0.5) is 0 Å². The number of imidazole rings is 1. The molecule has 0 spiro atoms. The second-order valence-corrected chi connectivity index (χ2v) is 7.63. The van der Waals surface area contributed by atoms with Crippen molar-refractivity contribution in [3.05, 3.63) is 66.0 Å². The molecule has 7 heteroatoms. The minimum Gasteiger partial charge on any atom is -0.356 e. The Morgan fingerprint density at radius 3 is 2.57 bits per heavy atom. The van der Waals surface area contributed by atoms with Crippen molar-refractivity contribution in [3.8, 4) is 0 Å². The molecule has 0 bridgehead atoms. The SMILES string of the molecule is CN=C(NCCc1nc2ccccc2[nH]1)NC1CCN(Cc2ccccc2)CC1.I. The van der Waals surface area contributed by atoms with Gasteiger partial charge in [-0.15, -0.1) is 24.0 Å². The van der Waals surface area contributed by atoms with Crippen LogP contribution in [0.3, 0.4) is 0 Å². The van der Waals surface area contributed by atoms with Gasteiger partial charge in [0.05, 0.1) is 11.0 Å². The van der Waals surface area contributed by atoms with E-state index < -0.39 is 0 Å². The van der Waals surface area contributed by atoms with Crippen LogP contribution in [0.25, 0.3) is 11.0 Å².